The molecule has 3 rings (SSSR count). The monoisotopic (exact) mass is 316 g/mol. The molecule has 2 aliphatic heterocycles. The van der Waals surface area contributed by atoms with E-state index in [1.807, 2.05) is 4.90 Å². The van der Waals surface area contributed by atoms with Gasteiger partial charge in [0.1, 0.15) is 13.2 Å². The lowest BCUT2D eigenvalue weighted by molar-refractivity contribution is -0.148. The minimum Gasteiger partial charge on any atom is -0.486 e. The van der Waals surface area contributed by atoms with E-state index < -0.39 is 18.6 Å². The van der Waals surface area contributed by atoms with Gasteiger partial charge in [0.05, 0.1) is 6.42 Å². The summed E-state index contributed by atoms with van der Waals surface area (Å²) in [5, 5.41) is 3.17. The molecule has 22 heavy (non-hydrogen) atoms. The Bertz CT molecular complexity index is 516. The maximum atomic E-state index is 13.0. The van der Waals surface area contributed by atoms with Crippen LogP contribution in [0.4, 0.5) is 13.2 Å². The molecule has 0 bridgehead atoms. The number of nitrogens with zero attached hydrogens (tertiary/aromatic N) is 1. The van der Waals surface area contributed by atoms with Gasteiger partial charge in [-0.1, -0.05) is 6.07 Å². The highest BCUT2D eigenvalue weighted by Crippen LogP contribution is 2.38. The van der Waals surface area contributed by atoms with Crippen LogP contribution in [0.1, 0.15) is 18.0 Å². The first kappa shape index (κ1) is 15.4. The first-order valence-electron chi connectivity index (χ1n) is 7.44. The number of rotatable bonds is 3. The Morgan fingerprint density at radius 1 is 1.09 bits per heavy atom. The van der Waals surface area contributed by atoms with Crippen molar-refractivity contribution in [3.8, 4) is 11.5 Å². The molecule has 2 aliphatic rings. The van der Waals surface area contributed by atoms with E-state index in [9.17, 15) is 13.2 Å². The molecule has 1 fully saturated rings. The average molecular weight is 316 g/mol. The van der Waals surface area contributed by atoms with Gasteiger partial charge >= 0.3 is 6.18 Å². The molecule has 1 atom stereocenters. The zero-order chi connectivity index (χ0) is 15.6. The molecule has 1 N–H and O–H groups in total. The number of nitrogens with one attached hydrogen (secondary N) is 1. The molecule has 1 aromatic rings. The van der Waals surface area contributed by atoms with Gasteiger partial charge in [0, 0.05) is 32.2 Å². The van der Waals surface area contributed by atoms with Gasteiger partial charge in [-0.05, 0) is 17.7 Å². The number of fused-ring (bicyclic) bond motifs is 1. The zero-order valence-corrected chi connectivity index (χ0v) is 12.2. The summed E-state index contributed by atoms with van der Waals surface area (Å²) < 4.78 is 49.9. The molecule has 1 saturated heterocycles. The van der Waals surface area contributed by atoms with Crippen LogP contribution in [0.15, 0.2) is 18.2 Å². The van der Waals surface area contributed by atoms with Crippen molar-refractivity contribution in [2.75, 3.05) is 39.4 Å². The Balaban J connectivity index is 1.87. The molecule has 4 nitrogen and oxygen atoms in total. The molecule has 0 aromatic heterocycles. The fourth-order valence-electron chi connectivity index (χ4n) is 2.94. The van der Waals surface area contributed by atoms with Crippen molar-refractivity contribution in [3.05, 3.63) is 23.8 Å². The average Bonchev–Trinajstić information content (AvgIpc) is 2.52. The van der Waals surface area contributed by atoms with Crippen molar-refractivity contribution < 1.29 is 22.6 Å². The third kappa shape index (κ3) is 3.64. The molecule has 0 unspecified atom stereocenters. The van der Waals surface area contributed by atoms with Gasteiger partial charge in [0.15, 0.2) is 11.5 Å². The number of benzene rings is 1. The number of hydrogen-bond acceptors (Lipinski definition) is 4. The Morgan fingerprint density at radius 2 is 1.77 bits per heavy atom. The van der Waals surface area contributed by atoms with Gasteiger partial charge in [-0.3, -0.25) is 4.90 Å². The van der Waals surface area contributed by atoms with Crippen molar-refractivity contribution in [1.29, 1.82) is 0 Å². The first-order chi connectivity index (χ1) is 10.5. The normalized spacial score (nSPS) is 20.7. The smallest absolute Gasteiger partial charge is 0.390 e. The maximum Gasteiger partial charge on any atom is 0.390 e. The molecule has 1 aromatic carbocycles. The highest BCUT2D eigenvalue weighted by atomic mass is 19.4. The van der Waals surface area contributed by atoms with Crippen LogP contribution in [0.2, 0.25) is 0 Å². The Labute approximate surface area is 127 Å². The number of hydrogen-bond donors (Lipinski definition) is 1. The van der Waals surface area contributed by atoms with E-state index in [-0.39, 0.29) is 0 Å². The van der Waals surface area contributed by atoms with Crippen molar-refractivity contribution >= 4 is 0 Å². The number of ether oxygens (including phenoxy) is 2. The molecule has 0 aliphatic carbocycles. The lowest BCUT2D eigenvalue weighted by atomic mass is 10.00. The van der Waals surface area contributed by atoms with Crippen LogP contribution >= 0.6 is 0 Å². The summed E-state index contributed by atoms with van der Waals surface area (Å²) >= 11 is 0. The van der Waals surface area contributed by atoms with Crippen LogP contribution in [0.3, 0.4) is 0 Å². The van der Waals surface area contributed by atoms with Gasteiger partial charge < -0.3 is 14.8 Å². The van der Waals surface area contributed by atoms with Crippen LogP contribution in [0.5, 0.6) is 11.5 Å². The molecule has 0 amide bonds. The summed E-state index contributed by atoms with van der Waals surface area (Å²) in [5.74, 6) is 1.13. The summed E-state index contributed by atoms with van der Waals surface area (Å²) in [4.78, 5) is 1.88. The molecule has 0 saturated carbocycles. The predicted molar refractivity (Wildman–Crippen MR) is 75.3 cm³/mol. The summed E-state index contributed by atoms with van der Waals surface area (Å²) in [6.07, 6.45) is -5.06. The van der Waals surface area contributed by atoms with Gasteiger partial charge in [0.2, 0.25) is 0 Å². The van der Waals surface area contributed by atoms with Crippen LogP contribution < -0.4 is 14.8 Å². The maximum absolute atomic E-state index is 13.0. The topological polar surface area (TPSA) is 33.7 Å². The second-order valence-electron chi connectivity index (χ2n) is 5.52. The fraction of sp³-hybridized carbons (Fsp3) is 0.600. The highest BCUT2D eigenvalue weighted by molar-refractivity contribution is 5.44. The second-order valence-corrected chi connectivity index (χ2v) is 5.52. The lowest BCUT2D eigenvalue weighted by Crippen LogP contribution is -2.46. The third-order valence-electron chi connectivity index (χ3n) is 3.97. The van der Waals surface area contributed by atoms with E-state index in [1.165, 1.54) is 0 Å². The largest absolute Gasteiger partial charge is 0.486 e. The first-order valence-corrected chi connectivity index (χ1v) is 7.44. The standard InChI is InChI=1S/C15H19F3N2O2/c16-15(17,18)10-12(20-5-3-19-4-6-20)11-1-2-13-14(9-11)22-8-7-21-13/h1-2,9,12,19H,3-8,10H2/t12-/m1/s1. The van der Waals surface area contributed by atoms with Crippen molar-refractivity contribution in [2.45, 2.75) is 18.6 Å². The fourth-order valence-corrected chi connectivity index (χ4v) is 2.94. The van der Waals surface area contributed by atoms with Crippen LogP contribution in [0.25, 0.3) is 0 Å². The van der Waals surface area contributed by atoms with Gasteiger partial charge in [-0.15, -0.1) is 0 Å². The van der Waals surface area contributed by atoms with E-state index in [0.29, 0.717) is 56.5 Å². The van der Waals surface area contributed by atoms with Crippen LogP contribution in [-0.2, 0) is 0 Å². The molecular formula is C15H19F3N2O2. The predicted octanol–water partition coefficient (Wildman–Crippen LogP) is 2.36. The van der Waals surface area contributed by atoms with E-state index in [4.69, 9.17) is 9.47 Å². The number of piperazine rings is 1. The third-order valence-corrected chi connectivity index (χ3v) is 3.97. The van der Waals surface area contributed by atoms with Crippen LogP contribution in [0, 0.1) is 0 Å². The molecule has 7 heteroatoms. The Hall–Kier alpha value is -1.47. The van der Waals surface area contributed by atoms with Crippen molar-refractivity contribution in [3.63, 3.8) is 0 Å². The summed E-state index contributed by atoms with van der Waals surface area (Å²) in [5.41, 5.74) is 0.628. The van der Waals surface area contributed by atoms with Gasteiger partial charge in [-0.25, -0.2) is 0 Å². The van der Waals surface area contributed by atoms with E-state index in [2.05, 4.69) is 5.32 Å². The summed E-state index contributed by atoms with van der Waals surface area (Å²) in [7, 11) is 0. The molecule has 0 radical (unpaired) electrons. The summed E-state index contributed by atoms with van der Waals surface area (Å²) in [6.45, 7) is 3.52. The number of halogens is 3. The SMILES string of the molecule is FC(F)(F)C[C@H](c1ccc2c(c1)OCCO2)N1CCNCC1. The van der Waals surface area contributed by atoms with Crippen molar-refractivity contribution in [2.24, 2.45) is 0 Å². The van der Waals surface area contributed by atoms with Gasteiger partial charge in [-0.2, -0.15) is 13.2 Å². The quantitative estimate of drug-likeness (QED) is 0.928. The van der Waals surface area contributed by atoms with Gasteiger partial charge in [0.25, 0.3) is 0 Å². The molecular weight excluding hydrogens is 297 g/mol. The molecule has 0 spiro atoms. The molecule has 122 valence electrons. The molecule has 2 heterocycles. The van der Waals surface area contributed by atoms with Crippen LogP contribution in [-0.4, -0.2) is 50.5 Å². The summed E-state index contributed by atoms with van der Waals surface area (Å²) in [6, 6.07) is 4.42. The van der Waals surface area contributed by atoms with Crippen molar-refractivity contribution in [1.82, 2.24) is 10.2 Å². The van der Waals surface area contributed by atoms with E-state index >= 15 is 0 Å². The number of alkyl halides is 3. The zero-order valence-electron chi connectivity index (χ0n) is 12.2. The Kier molecular flexibility index (Phi) is 4.44. The van der Waals surface area contributed by atoms with E-state index in [0.717, 1.165) is 0 Å². The Morgan fingerprint density at radius 3 is 2.45 bits per heavy atom. The minimum absolute atomic E-state index is 0.425. The highest BCUT2D eigenvalue weighted by Gasteiger charge is 2.36. The second kappa shape index (κ2) is 6.34. The van der Waals surface area contributed by atoms with E-state index in [1.54, 1.807) is 18.2 Å². The lowest BCUT2D eigenvalue weighted by Gasteiger charge is -2.36. The minimum atomic E-state index is -4.21.